The number of carbonyl (C=O) groups excluding carboxylic acids is 1. The lowest BCUT2D eigenvalue weighted by Gasteiger charge is -2.34. The van der Waals surface area contributed by atoms with E-state index in [0.717, 1.165) is 28.3 Å². The van der Waals surface area contributed by atoms with Crippen LogP contribution in [0.1, 0.15) is 59.0 Å². The highest BCUT2D eigenvalue weighted by atomic mass is 32.1. The highest BCUT2D eigenvalue weighted by Gasteiger charge is 2.36. The van der Waals surface area contributed by atoms with Gasteiger partial charge in [-0.3, -0.25) is 4.79 Å². The van der Waals surface area contributed by atoms with Crippen LogP contribution in [0.25, 0.3) is 0 Å². The summed E-state index contributed by atoms with van der Waals surface area (Å²) in [7, 11) is 0. The fourth-order valence-electron chi connectivity index (χ4n) is 3.64. The fourth-order valence-corrected chi connectivity index (χ4v) is 5.71. The quantitative estimate of drug-likeness (QED) is 0.777. The van der Waals surface area contributed by atoms with Gasteiger partial charge in [0.2, 0.25) is 0 Å². The molecule has 2 aromatic rings. The molecule has 0 saturated carbocycles. The van der Waals surface area contributed by atoms with Crippen molar-refractivity contribution < 1.29 is 4.79 Å². The van der Waals surface area contributed by atoms with Crippen LogP contribution in [-0.2, 0) is 12.8 Å². The zero-order chi connectivity index (χ0) is 16.2. The SMILES string of the molecule is CC(C)(C)[C@H]1CCc2c(sc3c2C(=O)N[C@@H](c2cccs2)N3)C1. The molecule has 1 aliphatic carbocycles. The van der Waals surface area contributed by atoms with Crippen LogP contribution in [0.4, 0.5) is 5.00 Å². The largest absolute Gasteiger partial charge is 0.352 e. The van der Waals surface area contributed by atoms with Crippen LogP contribution in [-0.4, -0.2) is 5.91 Å². The van der Waals surface area contributed by atoms with Crippen LogP contribution in [0.5, 0.6) is 0 Å². The second-order valence-electron chi connectivity index (χ2n) is 7.58. The Morgan fingerprint density at radius 2 is 2.09 bits per heavy atom. The summed E-state index contributed by atoms with van der Waals surface area (Å²) in [4.78, 5) is 15.2. The van der Waals surface area contributed by atoms with Crippen LogP contribution < -0.4 is 10.6 Å². The summed E-state index contributed by atoms with van der Waals surface area (Å²) in [5.41, 5.74) is 2.53. The maximum atomic E-state index is 12.7. The first-order chi connectivity index (χ1) is 10.9. The van der Waals surface area contributed by atoms with Crippen LogP contribution in [0.2, 0.25) is 0 Å². The van der Waals surface area contributed by atoms with E-state index < -0.39 is 0 Å². The molecule has 3 nitrogen and oxygen atoms in total. The van der Waals surface area contributed by atoms with Crippen molar-refractivity contribution in [3.8, 4) is 0 Å². The van der Waals surface area contributed by atoms with Gasteiger partial charge in [-0.05, 0) is 47.6 Å². The Hall–Kier alpha value is -1.33. The monoisotopic (exact) mass is 346 g/mol. The molecule has 0 unspecified atom stereocenters. The summed E-state index contributed by atoms with van der Waals surface area (Å²) in [5.74, 6) is 0.787. The van der Waals surface area contributed by atoms with Gasteiger partial charge >= 0.3 is 0 Å². The molecule has 3 heterocycles. The highest BCUT2D eigenvalue weighted by molar-refractivity contribution is 7.16. The van der Waals surface area contributed by atoms with Crippen molar-refractivity contribution in [3.63, 3.8) is 0 Å². The summed E-state index contributed by atoms with van der Waals surface area (Å²) < 4.78 is 0. The van der Waals surface area contributed by atoms with Crippen molar-refractivity contribution in [2.24, 2.45) is 11.3 Å². The number of fused-ring (bicyclic) bond motifs is 3. The average Bonchev–Trinajstić information content (AvgIpc) is 3.12. The van der Waals surface area contributed by atoms with Crippen molar-refractivity contribution in [2.75, 3.05) is 5.32 Å². The normalized spacial score (nSPS) is 23.7. The lowest BCUT2D eigenvalue weighted by molar-refractivity contribution is 0.0935. The topological polar surface area (TPSA) is 41.1 Å². The molecule has 2 N–H and O–H groups in total. The third-order valence-electron chi connectivity index (χ3n) is 5.10. The Balaban J connectivity index is 1.66. The number of carbonyl (C=O) groups is 1. The number of hydrogen-bond acceptors (Lipinski definition) is 4. The van der Waals surface area contributed by atoms with Gasteiger partial charge in [-0.1, -0.05) is 26.8 Å². The van der Waals surface area contributed by atoms with Crippen molar-refractivity contribution in [1.82, 2.24) is 5.32 Å². The van der Waals surface area contributed by atoms with Gasteiger partial charge in [-0.25, -0.2) is 0 Å². The van der Waals surface area contributed by atoms with Gasteiger partial charge in [-0.15, -0.1) is 22.7 Å². The summed E-state index contributed by atoms with van der Waals surface area (Å²) in [6, 6.07) is 4.09. The summed E-state index contributed by atoms with van der Waals surface area (Å²) in [5, 5.41) is 9.77. The molecule has 2 atom stereocenters. The minimum Gasteiger partial charge on any atom is -0.352 e. The minimum absolute atomic E-state index is 0.0869. The molecule has 23 heavy (non-hydrogen) atoms. The molecular weight excluding hydrogens is 324 g/mol. The van der Waals surface area contributed by atoms with Gasteiger partial charge in [0.1, 0.15) is 11.2 Å². The molecule has 0 aromatic carbocycles. The van der Waals surface area contributed by atoms with Crippen LogP contribution in [0.15, 0.2) is 17.5 Å². The summed E-state index contributed by atoms with van der Waals surface area (Å²) in [6.07, 6.45) is 3.23. The molecule has 0 spiro atoms. The predicted molar refractivity (Wildman–Crippen MR) is 97.4 cm³/mol. The molecule has 1 amide bonds. The lowest BCUT2D eigenvalue weighted by atomic mass is 9.72. The molecule has 0 fully saturated rings. The molecule has 1 aliphatic heterocycles. The van der Waals surface area contributed by atoms with E-state index in [1.54, 1.807) is 22.7 Å². The van der Waals surface area contributed by atoms with Gasteiger partial charge in [0.05, 0.1) is 5.56 Å². The van der Waals surface area contributed by atoms with E-state index in [4.69, 9.17) is 0 Å². The second kappa shape index (κ2) is 5.35. The Labute approximate surface area is 145 Å². The first-order valence-electron chi connectivity index (χ1n) is 8.19. The van der Waals surface area contributed by atoms with Gasteiger partial charge in [-0.2, -0.15) is 0 Å². The Morgan fingerprint density at radius 3 is 2.78 bits per heavy atom. The zero-order valence-electron chi connectivity index (χ0n) is 13.7. The first kappa shape index (κ1) is 15.2. The summed E-state index contributed by atoms with van der Waals surface area (Å²) in [6.45, 7) is 6.98. The van der Waals surface area contributed by atoms with Crippen molar-refractivity contribution in [1.29, 1.82) is 0 Å². The molecule has 4 rings (SSSR count). The number of anilines is 1. The Bertz CT molecular complexity index is 740. The third kappa shape index (κ3) is 2.60. The van der Waals surface area contributed by atoms with Crippen LogP contribution >= 0.6 is 22.7 Å². The number of rotatable bonds is 1. The van der Waals surface area contributed by atoms with E-state index in [-0.39, 0.29) is 12.1 Å². The van der Waals surface area contributed by atoms with Gasteiger partial charge in [0, 0.05) is 9.75 Å². The number of nitrogens with one attached hydrogen (secondary N) is 2. The number of hydrogen-bond donors (Lipinski definition) is 2. The smallest absolute Gasteiger partial charge is 0.256 e. The second-order valence-corrected chi connectivity index (χ2v) is 9.66. The maximum absolute atomic E-state index is 12.7. The van der Waals surface area contributed by atoms with E-state index in [0.29, 0.717) is 11.3 Å². The van der Waals surface area contributed by atoms with Crippen LogP contribution in [0, 0.1) is 11.3 Å². The Morgan fingerprint density at radius 1 is 1.26 bits per heavy atom. The predicted octanol–water partition coefficient (Wildman–Crippen LogP) is 4.81. The van der Waals surface area contributed by atoms with Gasteiger partial charge in [0.15, 0.2) is 0 Å². The maximum Gasteiger partial charge on any atom is 0.256 e. The van der Waals surface area contributed by atoms with E-state index >= 15 is 0 Å². The van der Waals surface area contributed by atoms with E-state index in [1.807, 2.05) is 11.4 Å². The average molecular weight is 347 g/mol. The molecule has 5 heteroatoms. The lowest BCUT2D eigenvalue weighted by Crippen LogP contribution is -2.38. The number of thiophene rings is 2. The Kier molecular flexibility index (Phi) is 3.54. The minimum atomic E-state index is -0.0893. The molecule has 0 radical (unpaired) electrons. The van der Waals surface area contributed by atoms with Crippen molar-refractivity contribution in [3.05, 3.63) is 38.4 Å². The van der Waals surface area contributed by atoms with E-state index in [2.05, 4.69) is 37.5 Å². The molecule has 0 bridgehead atoms. The molecule has 0 saturated heterocycles. The van der Waals surface area contributed by atoms with Crippen LogP contribution in [0.3, 0.4) is 0 Å². The molecule has 2 aromatic heterocycles. The summed E-state index contributed by atoms with van der Waals surface area (Å²) >= 11 is 3.47. The molecule has 122 valence electrons. The standard InChI is InChI=1S/C18H22N2OS2/c1-18(2,3)10-6-7-11-13(9-10)23-17-14(11)16(21)19-15(20-17)12-5-4-8-22-12/h4-5,8,10,15,20H,6-7,9H2,1-3H3,(H,19,21)/t10-,15+/m0/s1. The zero-order valence-corrected chi connectivity index (χ0v) is 15.4. The first-order valence-corrected chi connectivity index (χ1v) is 9.88. The van der Waals surface area contributed by atoms with E-state index in [9.17, 15) is 4.79 Å². The molecule has 2 aliphatic rings. The van der Waals surface area contributed by atoms with Gasteiger partial charge in [0.25, 0.3) is 5.91 Å². The van der Waals surface area contributed by atoms with E-state index in [1.165, 1.54) is 16.9 Å². The molecular formula is C18H22N2OS2. The number of amides is 1. The van der Waals surface area contributed by atoms with Gasteiger partial charge < -0.3 is 10.6 Å². The van der Waals surface area contributed by atoms with Crippen molar-refractivity contribution in [2.45, 2.75) is 46.2 Å². The third-order valence-corrected chi connectivity index (χ3v) is 7.22. The fraction of sp³-hybridized carbons (Fsp3) is 0.500. The highest BCUT2D eigenvalue weighted by Crippen LogP contribution is 2.46. The van der Waals surface area contributed by atoms with Crippen molar-refractivity contribution >= 4 is 33.6 Å².